The molecule has 0 saturated carbocycles. The molecular weight excluding hydrogens is 560 g/mol. The third kappa shape index (κ3) is 5.60. The Bertz CT molecular complexity index is 1790. The Balaban J connectivity index is 1.01. The number of benzene rings is 1. The van der Waals surface area contributed by atoms with E-state index in [2.05, 4.69) is 20.6 Å². The molecule has 44 heavy (non-hydrogen) atoms. The fourth-order valence-electron chi connectivity index (χ4n) is 6.18. The molecule has 2 fully saturated rings. The predicted molar refractivity (Wildman–Crippen MR) is 163 cm³/mol. The van der Waals surface area contributed by atoms with Crippen LogP contribution >= 0.6 is 0 Å². The van der Waals surface area contributed by atoms with Crippen molar-refractivity contribution in [2.45, 2.75) is 51.0 Å². The molecule has 2 saturated heterocycles. The van der Waals surface area contributed by atoms with E-state index in [9.17, 15) is 4.79 Å². The maximum Gasteiger partial charge on any atom is 0.337 e. The molecule has 11 heteroatoms. The van der Waals surface area contributed by atoms with Crippen molar-refractivity contribution in [1.29, 1.82) is 0 Å². The van der Waals surface area contributed by atoms with E-state index in [1.807, 2.05) is 42.5 Å². The average Bonchev–Trinajstić information content (AvgIpc) is 3.66. The van der Waals surface area contributed by atoms with Crippen molar-refractivity contribution in [3.63, 3.8) is 0 Å². The molecule has 0 radical (unpaired) electrons. The Morgan fingerprint density at radius 3 is 2.64 bits per heavy atom. The van der Waals surface area contributed by atoms with Crippen LogP contribution in [-0.2, 0) is 29.2 Å². The van der Waals surface area contributed by atoms with Gasteiger partial charge in [0.25, 0.3) is 0 Å². The van der Waals surface area contributed by atoms with Crippen LogP contribution in [0.4, 0.5) is 0 Å². The van der Waals surface area contributed by atoms with E-state index in [1.165, 1.54) is 7.11 Å². The van der Waals surface area contributed by atoms with Crippen LogP contribution in [-0.4, -0.2) is 75.0 Å². The molecule has 2 aliphatic heterocycles. The SMILES string of the molecule is COC(=O)c1ccc2nc(CN3CCC(c4cccc(OCc5ccc(OC)n6nccc56)n4)CC3)n(C[C@@H]3CCO3)c2c1. The summed E-state index contributed by atoms with van der Waals surface area (Å²) < 4.78 is 26.2. The third-order valence-corrected chi connectivity index (χ3v) is 8.74. The fraction of sp³-hybridized carbons (Fsp3) is 0.394. The highest BCUT2D eigenvalue weighted by Gasteiger charge is 2.26. The number of likely N-dealkylation sites (tertiary alicyclic amines) is 1. The standard InChI is InChI=1S/C33H36N6O5/c1-41-32-9-7-24(28-10-14-34-39(28)32)21-44-31-5-3-4-26(36-31)22-11-15-37(16-12-22)20-30-35-27-8-6-23(33(40)42-2)18-29(27)38(30)19-25-13-17-43-25/h3-10,14,18,22,25H,11-13,15-17,19-21H2,1-2H3/t25-/m0/s1. The molecule has 7 rings (SSSR count). The molecule has 0 N–H and O–H groups in total. The fourth-order valence-corrected chi connectivity index (χ4v) is 6.18. The van der Waals surface area contributed by atoms with Gasteiger partial charge in [0.2, 0.25) is 11.8 Å². The number of esters is 1. The van der Waals surface area contributed by atoms with E-state index in [0.717, 1.165) is 85.7 Å². The Morgan fingerprint density at radius 1 is 1.00 bits per heavy atom. The normalized spacial score (nSPS) is 17.5. The van der Waals surface area contributed by atoms with Crippen LogP contribution in [0.1, 0.15) is 52.6 Å². The molecule has 1 aromatic carbocycles. The summed E-state index contributed by atoms with van der Waals surface area (Å²) in [4.78, 5) is 24.5. The minimum absolute atomic E-state index is 0.176. The Morgan fingerprint density at radius 2 is 1.86 bits per heavy atom. The van der Waals surface area contributed by atoms with Crippen molar-refractivity contribution >= 4 is 22.5 Å². The lowest BCUT2D eigenvalue weighted by atomic mass is 9.93. The lowest BCUT2D eigenvalue weighted by Crippen LogP contribution is -2.35. The first-order valence-corrected chi connectivity index (χ1v) is 15.1. The van der Waals surface area contributed by atoms with Crippen LogP contribution in [0.15, 0.2) is 60.8 Å². The summed E-state index contributed by atoms with van der Waals surface area (Å²) in [6.45, 7) is 4.54. The van der Waals surface area contributed by atoms with Gasteiger partial charge in [-0.15, -0.1) is 0 Å². The van der Waals surface area contributed by atoms with E-state index < -0.39 is 0 Å². The van der Waals surface area contributed by atoms with Crippen LogP contribution in [0, 0.1) is 0 Å². The zero-order chi connectivity index (χ0) is 30.0. The van der Waals surface area contributed by atoms with Crippen LogP contribution in [0.3, 0.4) is 0 Å². The molecule has 11 nitrogen and oxygen atoms in total. The second-order valence-corrected chi connectivity index (χ2v) is 11.4. The third-order valence-electron chi connectivity index (χ3n) is 8.74. The number of fused-ring (bicyclic) bond motifs is 2. The summed E-state index contributed by atoms with van der Waals surface area (Å²) >= 11 is 0. The first kappa shape index (κ1) is 28.3. The summed E-state index contributed by atoms with van der Waals surface area (Å²) in [6.07, 6.45) is 4.97. The number of hydrogen-bond acceptors (Lipinski definition) is 9. The Labute approximate surface area is 255 Å². The second kappa shape index (κ2) is 12.3. The van der Waals surface area contributed by atoms with Crippen molar-refractivity contribution in [1.82, 2.24) is 29.0 Å². The van der Waals surface area contributed by atoms with Crippen molar-refractivity contribution in [3.8, 4) is 11.8 Å². The molecule has 0 unspecified atom stereocenters. The van der Waals surface area contributed by atoms with Gasteiger partial charge in [-0.1, -0.05) is 6.07 Å². The topological polar surface area (TPSA) is 105 Å². The van der Waals surface area contributed by atoms with E-state index in [0.29, 0.717) is 29.8 Å². The van der Waals surface area contributed by atoms with Gasteiger partial charge in [-0.2, -0.15) is 5.10 Å². The molecule has 5 aromatic rings. The van der Waals surface area contributed by atoms with E-state index in [1.54, 1.807) is 23.9 Å². The number of methoxy groups -OCH3 is 2. The van der Waals surface area contributed by atoms with Gasteiger partial charge in [-0.3, -0.25) is 4.90 Å². The highest BCUT2D eigenvalue weighted by Crippen LogP contribution is 2.30. The Hall–Kier alpha value is -4.48. The maximum atomic E-state index is 12.2. The number of nitrogens with zero attached hydrogens (tertiary/aromatic N) is 6. The van der Waals surface area contributed by atoms with Crippen molar-refractivity contribution < 1.29 is 23.7 Å². The summed E-state index contributed by atoms with van der Waals surface area (Å²) in [5, 5.41) is 4.35. The quantitative estimate of drug-likeness (QED) is 0.214. The molecule has 228 valence electrons. The smallest absolute Gasteiger partial charge is 0.337 e. The number of hydrogen-bond donors (Lipinski definition) is 0. The van der Waals surface area contributed by atoms with Gasteiger partial charge in [0.05, 0.1) is 61.7 Å². The number of rotatable bonds is 10. The number of carbonyl (C=O) groups is 1. The largest absolute Gasteiger partial charge is 0.481 e. The molecule has 0 spiro atoms. The highest BCUT2D eigenvalue weighted by atomic mass is 16.5. The molecule has 1 atom stereocenters. The molecule has 2 aliphatic rings. The number of carbonyl (C=O) groups excluding carboxylic acids is 1. The number of aromatic nitrogens is 5. The van der Waals surface area contributed by atoms with Crippen LogP contribution in [0.25, 0.3) is 16.6 Å². The number of ether oxygens (including phenoxy) is 4. The molecule has 0 bridgehead atoms. The number of piperidine rings is 1. The van der Waals surface area contributed by atoms with E-state index in [-0.39, 0.29) is 12.1 Å². The Kier molecular flexibility index (Phi) is 7.88. The second-order valence-electron chi connectivity index (χ2n) is 11.4. The molecule has 6 heterocycles. The molecule has 0 amide bonds. The van der Waals surface area contributed by atoms with Gasteiger partial charge in [0, 0.05) is 35.9 Å². The van der Waals surface area contributed by atoms with Gasteiger partial charge < -0.3 is 23.5 Å². The van der Waals surface area contributed by atoms with E-state index in [4.69, 9.17) is 28.9 Å². The van der Waals surface area contributed by atoms with Crippen LogP contribution in [0.5, 0.6) is 11.8 Å². The van der Waals surface area contributed by atoms with Gasteiger partial charge in [0.1, 0.15) is 12.4 Å². The molecule has 4 aromatic heterocycles. The van der Waals surface area contributed by atoms with E-state index >= 15 is 0 Å². The summed E-state index contributed by atoms with van der Waals surface area (Å²) in [7, 11) is 3.04. The minimum Gasteiger partial charge on any atom is -0.481 e. The minimum atomic E-state index is -0.345. The highest BCUT2D eigenvalue weighted by molar-refractivity contribution is 5.93. The van der Waals surface area contributed by atoms with Crippen LogP contribution in [0.2, 0.25) is 0 Å². The van der Waals surface area contributed by atoms with Gasteiger partial charge in [0.15, 0.2) is 0 Å². The monoisotopic (exact) mass is 596 g/mol. The first-order valence-electron chi connectivity index (χ1n) is 15.1. The lowest BCUT2D eigenvalue weighted by Gasteiger charge is -2.32. The average molecular weight is 597 g/mol. The molecular formula is C33H36N6O5. The predicted octanol–water partition coefficient (Wildman–Crippen LogP) is 4.62. The van der Waals surface area contributed by atoms with Gasteiger partial charge >= 0.3 is 5.97 Å². The lowest BCUT2D eigenvalue weighted by molar-refractivity contribution is -0.0592. The van der Waals surface area contributed by atoms with Gasteiger partial charge in [-0.25, -0.2) is 19.3 Å². The maximum absolute atomic E-state index is 12.2. The summed E-state index contributed by atoms with van der Waals surface area (Å²) in [6, 6.07) is 17.5. The number of pyridine rings is 2. The van der Waals surface area contributed by atoms with Crippen LogP contribution < -0.4 is 9.47 Å². The van der Waals surface area contributed by atoms with Crippen molar-refractivity contribution in [2.75, 3.05) is 33.9 Å². The number of imidazole rings is 1. The zero-order valence-electron chi connectivity index (χ0n) is 25.0. The van der Waals surface area contributed by atoms with Crippen molar-refractivity contribution in [3.05, 3.63) is 83.4 Å². The van der Waals surface area contributed by atoms with Gasteiger partial charge in [-0.05, 0) is 68.8 Å². The summed E-state index contributed by atoms with van der Waals surface area (Å²) in [5.74, 6) is 2.31. The zero-order valence-corrected chi connectivity index (χ0v) is 25.0. The van der Waals surface area contributed by atoms with Crippen molar-refractivity contribution in [2.24, 2.45) is 0 Å². The first-order chi connectivity index (χ1) is 21.6. The summed E-state index contributed by atoms with van der Waals surface area (Å²) in [5.41, 5.74) is 5.38. The molecule has 0 aliphatic carbocycles.